The number of hydrogen-bond donors (Lipinski definition) is 1. The highest BCUT2D eigenvalue weighted by molar-refractivity contribution is 5.80. The summed E-state index contributed by atoms with van der Waals surface area (Å²) in [6.07, 6.45) is 11.1. The highest BCUT2D eigenvalue weighted by atomic mass is 16.1. The minimum absolute atomic E-state index is 0.228. The van der Waals surface area contributed by atoms with Crippen molar-refractivity contribution in [3.05, 3.63) is 18.2 Å². The third-order valence-corrected chi connectivity index (χ3v) is 6.25. The average Bonchev–Trinajstić information content (AvgIpc) is 2.94. The molecule has 2 saturated carbocycles. The van der Waals surface area contributed by atoms with Crippen LogP contribution in [0.1, 0.15) is 44.2 Å². The van der Waals surface area contributed by atoms with E-state index in [1.807, 2.05) is 12.5 Å². The van der Waals surface area contributed by atoms with Gasteiger partial charge in [-0.05, 0) is 50.0 Å². The first kappa shape index (κ1) is 15.2. The van der Waals surface area contributed by atoms with Crippen molar-refractivity contribution in [1.29, 1.82) is 0 Å². The molecule has 0 aromatic carbocycles. The maximum atomic E-state index is 12.7. The first-order chi connectivity index (χ1) is 11.2. The van der Waals surface area contributed by atoms with Gasteiger partial charge in [0.2, 0.25) is 5.91 Å². The Balaban J connectivity index is 1.39. The van der Waals surface area contributed by atoms with Gasteiger partial charge in [-0.15, -0.1) is 0 Å². The second kappa shape index (κ2) is 5.93. The number of carbonyl (C=O) groups excluding carboxylic acids is 1. The van der Waals surface area contributed by atoms with Gasteiger partial charge in [0.15, 0.2) is 0 Å². The van der Waals surface area contributed by atoms with E-state index >= 15 is 0 Å². The lowest BCUT2D eigenvalue weighted by molar-refractivity contribution is -0.128. The number of likely N-dealkylation sites (tertiary alicyclic amines) is 1. The summed E-state index contributed by atoms with van der Waals surface area (Å²) < 4.78 is 2.10. The fraction of sp³-hybridized carbons (Fsp3) is 0.778. The molecule has 3 fully saturated rings. The number of rotatable bonds is 5. The Bertz CT molecular complexity index is 579. The van der Waals surface area contributed by atoms with Crippen LogP contribution in [-0.4, -0.2) is 40.0 Å². The Kier molecular flexibility index (Phi) is 3.92. The first-order valence-electron chi connectivity index (χ1n) is 9.12. The molecule has 0 radical (unpaired) electrons. The second-order valence-corrected chi connectivity index (χ2v) is 7.95. The molecule has 5 heteroatoms. The topological polar surface area (TPSA) is 50.2 Å². The van der Waals surface area contributed by atoms with Crippen molar-refractivity contribution in [2.75, 3.05) is 19.6 Å². The monoisotopic (exact) mass is 316 g/mol. The highest BCUT2D eigenvalue weighted by Gasteiger charge is 2.50. The van der Waals surface area contributed by atoms with E-state index < -0.39 is 0 Å². The summed E-state index contributed by atoms with van der Waals surface area (Å²) in [6.45, 7) is 4.04. The van der Waals surface area contributed by atoms with Gasteiger partial charge in [0.25, 0.3) is 0 Å². The van der Waals surface area contributed by atoms with Crippen LogP contribution in [0, 0.1) is 17.3 Å². The van der Waals surface area contributed by atoms with Crippen molar-refractivity contribution < 1.29 is 4.79 Å². The molecule has 1 saturated heterocycles. The molecule has 5 nitrogen and oxygen atoms in total. The maximum Gasteiger partial charge on any atom is 0.223 e. The molecular formula is C18H28N4O. The van der Waals surface area contributed by atoms with E-state index in [9.17, 15) is 4.79 Å². The molecule has 0 bridgehead atoms. The zero-order valence-corrected chi connectivity index (χ0v) is 14.1. The summed E-state index contributed by atoms with van der Waals surface area (Å²) in [5.74, 6) is 1.33. The van der Waals surface area contributed by atoms with Crippen LogP contribution in [0.25, 0.3) is 0 Å². The van der Waals surface area contributed by atoms with Gasteiger partial charge in [-0.25, -0.2) is 4.98 Å². The molecule has 2 aliphatic carbocycles. The van der Waals surface area contributed by atoms with E-state index in [0.29, 0.717) is 5.91 Å². The van der Waals surface area contributed by atoms with E-state index in [2.05, 4.69) is 26.8 Å². The number of aryl methyl sites for hydroxylation is 1. The fourth-order valence-electron chi connectivity index (χ4n) is 4.61. The summed E-state index contributed by atoms with van der Waals surface area (Å²) in [6, 6.07) is 0. The molecule has 0 unspecified atom stereocenters. The third-order valence-electron chi connectivity index (χ3n) is 6.25. The molecule has 1 aliphatic heterocycles. The third kappa shape index (κ3) is 3.03. The molecule has 1 spiro atoms. The predicted molar refractivity (Wildman–Crippen MR) is 88.6 cm³/mol. The van der Waals surface area contributed by atoms with Crippen molar-refractivity contribution in [3.63, 3.8) is 0 Å². The van der Waals surface area contributed by atoms with Crippen molar-refractivity contribution in [2.24, 2.45) is 24.3 Å². The lowest BCUT2D eigenvalue weighted by atomic mass is 9.76. The van der Waals surface area contributed by atoms with Crippen LogP contribution in [0.2, 0.25) is 0 Å². The number of amides is 1. The van der Waals surface area contributed by atoms with Gasteiger partial charge in [-0.2, -0.15) is 0 Å². The SMILES string of the molecule is Cn1cncc1CN1CC[C@@]2(CCC[C@@H]2C(=O)NCC2CC2)C1. The quantitative estimate of drug-likeness (QED) is 0.903. The molecule has 1 aromatic heterocycles. The van der Waals surface area contributed by atoms with Crippen molar-refractivity contribution >= 4 is 5.91 Å². The van der Waals surface area contributed by atoms with Crippen LogP contribution in [0.3, 0.4) is 0 Å². The van der Waals surface area contributed by atoms with Crippen LogP contribution in [0.4, 0.5) is 0 Å². The van der Waals surface area contributed by atoms with Crippen LogP contribution in [0.15, 0.2) is 12.5 Å². The lowest BCUT2D eigenvalue weighted by Gasteiger charge is -2.30. The lowest BCUT2D eigenvalue weighted by Crippen LogP contribution is -2.41. The van der Waals surface area contributed by atoms with E-state index in [0.717, 1.165) is 38.5 Å². The molecule has 1 amide bonds. The molecule has 2 atom stereocenters. The Hall–Kier alpha value is -1.36. The summed E-state index contributed by atoms with van der Waals surface area (Å²) in [5.41, 5.74) is 1.49. The standard InChI is InChI=1S/C18H28N4O/c1-21-13-19-10-15(21)11-22-8-7-18(12-22)6-2-3-16(18)17(23)20-9-14-4-5-14/h10,13-14,16H,2-9,11-12H2,1H3,(H,20,23)/t16-,18+/m1/s1. The number of aromatic nitrogens is 2. The van der Waals surface area contributed by atoms with Gasteiger partial charge >= 0.3 is 0 Å². The zero-order valence-electron chi connectivity index (χ0n) is 14.1. The summed E-state index contributed by atoms with van der Waals surface area (Å²) >= 11 is 0. The fourth-order valence-corrected chi connectivity index (χ4v) is 4.61. The van der Waals surface area contributed by atoms with E-state index in [-0.39, 0.29) is 11.3 Å². The Labute approximate surface area is 138 Å². The molecule has 1 N–H and O–H groups in total. The number of hydrogen-bond acceptors (Lipinski definition) is 3. The van der Waals surface area contributed by atoms with Crippen LogP contribution < -0.4 is 5.32 Å². The summed E-state index contributed by atoms with van der Waals surface area (Å²) in [5, 5.41) is 3.24. The molecule has 4 rings (SSSR count). The van der Waals surface area contributed by atoms with Crippen LogP contribution in [0.5, 0.6) is 0 Å². The Morgan fingerprint density at radius 3 is 3.00 bits per heavy atom. The first-order valence-corrected chi connectivity index (χ1v) is 9.12. The van der Waals surface area contributed by atoms with Gasteiger partial charge < -0.3 is 9.88 Å². The maximum absolute atomic E-state index is 12.7. The Morgan fingerprint density at radius 1 is 1.39 bits per heavy atom. The number of imidazole rings is 1. The van der Waals surface area contributed by atoms with E-state index in [1.165, 1.54) is 37.8 Å². The zero-order chi connectivity index (χ0) is 15.9. The van der Waals surface area contributed by atoms with E-state index in [4.69, 9.17) is 0 Å². The summed E-state index contributed by atoms with van der Waals surface area (Å²) in [7, 11) is 2.05. The smallest absolute Gasteiger partial charge is 0.223 e. The minimum Gasteiger partial charge on any atom is -0.356 e. The predicted octanol–water partition coefficient (Wildman–Crippen LogP) is 1.94. The molecule has 23 heavy (non-hydrogen) atoms. The van der Waals surface area contributed by atoms with Crippen molar-refractivity contribution in [3.8, 4) is 0 Å². The van der Waals surface area contributed by atoms with Gasteiger partial charge in [0.1, 0.15) is 0 Å². The largest absolute Gasteiger partial charge is 0.356 e. The van der Waals surface area contributed by atoms with E-state index in [1.54, 1.807) is 0 Å². The van der Waals surface area contributed by atoms with Gasteiger partial charge in [-0.1, -0.05) is 6.42 Å². The second-order valence-electron chi connectivity index (χ2n) is 7.95. The summed E-state index contributed by atoms with van der Waals surface area (Å²) in [4.78, 5) is 19.4. The molecule has 3 aliphatic rings. The van der Waals surface area contributed by atoms with Gasteiger partial charge in [0.05, 0.1) is 12.0 Å². The molecular weight excluding hydrogens is 288 g/mol. The highest BCUT2D eigenvalue weighted by Crippen LogP contribution is 2.50. The Morgan fingerprint density at radius 2 is 2.26 bits per heavy atom. The van der Waals surface area contributed by atoms with Crippen LogP contribution >= 0.6 is 0 Å². The minimum atomic E-state index is 0.228. The normalized spacial score (nSPS) is 31.1. The number of carbonyl (C=O) groups is 1. The van der Waals surface area contributed by atoms with Crippen molar-refractivity contribution in [2.45, 2.75) is 45.1 Å². The molecule has 1 aromatic rings. The van der Waals surface area contributed by atoms with Crippen LogP contribution in [-0.2, 0) is 18.4 Å². The average molecular weight is 316 g/mol. The molecule has 2 heterocycles. The number of nitrogens with zero attached hydrogens (tertiary/aromatic N) is 3. The molecule has 126 valence electrons. The van der Waals surface area contributed by atoms with Crippen molar-refractivity contribution in [1.82, 2.24) is 19.8 Å². The van der Waals surface area contributed by atoms with Gasteiger partial charge in [0, 0.05) is 38.8 Å². The number of nitrogens with one attached hydrogen (secondary N) is 1. The van der Waals surface area contributed by atoms with Gasteiger partial charge in [-0.3, -0.25) is 9.69 Å².